The zero-order chi connectivity index (χ0) is 17.5. The molecule has 0 aromatic heterocycles. The topological polar surface area (TPSA) is 38.3 Å². The Hall–Kier alpha value is -1.78. The molecule has 2 aromatic rings. The van der Waals surface area contributed by atoms with Crippen molar-refractivity contribution in [3.8, 4) is 0 Å². The molecule has 0 aliphatic carbocycles. The van der Waals surface area contributed by atoms with Crippen LogP contribution in [0.1, 0.15) is 29.9 Å². The van der Waals surface area contributed by atoms with Crippen molar-refractivity contribution >= 4 is 17.7 Å². The molecular formula is C21H25NO2S. The number of amides is 1. The second-order valence-corrected chi connectivity index (χ2v) is 7.65. The van der Waals surface area contributed by atoms with Crippen molar-refractivity contribution in [1.82, 2.24) is 5.32 Å². The number of ether oxygens (including phenoxy) is 1. The molecule has 1 atom stereocenters. The Morgan fingerprint density at radius 2 is 1.72 bits per heavy atom. The molecule has 1 unspecified atom stereocenters. The average Bonchev–Trinajstić information content (AvgIpc) is 3.15. The Morgan fingerprint density at radius 3 is 2.20 bits per heavy atom. The molecular weight excluding hydrogens is 330 g/mol. The molecule has 0 bridgehead atoms. The minimum Gasteiger partial charge on any atom is -0.376 e. The van der Waals surface area contributed by atoms with Gasteiger partial charge in [0, 0.05) is 31.7 Å². The third-order valence-electron chi connectivity index (χ3n) is 4.90. The Balaban J connectivity index is 1.69. The number of hydrogen-bond acceptors (Lipinski definition) is 3. The van der Waals surface area contributed by atoms with E-state index in [4.69, 9.17) is 4.74 Å². The summed E-state index contributed by atoms with van der Waals surface area (Å²) in [6.45, 7) is 0.589. The predicted molar refractivity (Wildman–Crippen MR) is 104 cm³/mol. The molecule has 2 aromatic carbocycles. The van der Waals surface area contributed by atoms with E-state index in [0.29, 0.717) is 13.0 Å². The Labute approximate surface area is 154 Å². The highest BCUT2D eigenvalue weighted by Gasteiger charge is 2.34. The molecule has 1 N–H and O–H groups in total. The number of hydrogen-bond donors (Lipinski definition) is 1. The monoisotopic (exact) mass is 355 g/mol. The van der Waals surface area contributed by atoms with E-state index < -0.39 is 0 Å². The quantitative estimate of drug-likeness (QED) is 0.820. The summed E-state index contributed by atoms with van der Waals surface area (Å²) < 4.78 is 5.69. The highest BCUT2D eigenvalue weighted by molar-refractivity contribution is 7.99. The summed E-state index contributed by atoms with van der Waals surface area (Å²) in [4.78, 5) is 12.6. The van der Waals surface area contributed by atoms with Crippen molar-refractivity contribution in [1.29, 1.82) is 0 Å². The van der Waals surface area contributed by atoms with Crippen LogP contribution in [0.5, 0.6) is 0 Å². The van der Waals surface area contributed by atoms with Gasteiger partial charge in [0.15, 0.2) is 0 Å². The summed E-state index contributed by atoms with van der Waals surface area (Å²) in [5.41, 5.74) is 2.14. The maximum absolute atomic E-state index is 12.6. The van der Waals surface area contributed by atoms with Crippen LogP contribution in [0.25, 0.3) is 0 Å². The molecule has 3 nitrogen and oxygen atoms in total. The molecule has 0 spiro atoms. The van der Waals surface area contributed by atoms with Gasteiger partial charge < -0.3 is 10.1 Å². The summed E-state index contributed by atoms with van der Waals surface area (Å²) in [6, 6.07) is 20.5. The lowest BCUT2D eigenvalue weighted by Gasteiger charge is -2.27. The van der Waals surface area contributed by atoms with Crippen LogP contribution in [0.2, 0.25) is 0 Å². The number of carbonyl (C=O) groups is 1. The summed E-state index contributed by atoms with van der Waals surface area (Å²) in [5, 5.41) is 3.11. The van der Waals surface area contributed by atoms with Crippen molar-refractivity contribution in [3.05, 3.63) is 71.8 Å². The van der Waals surface area contributed by atoms with Gasteiger partial charge >= 0.3 is 0 Å². The highest BCUT2D eigenvalue weighted by Crippen LogP contribution is 2.31. The van der Waals surface area contributed by atoms with Crippen LogP contribution in [0.4, 0.5) is 0 Å². The average molecular weight is 356 g/mol. The Morgan fingerprint density at radius 1 is 1.12 bits per heavy atom. The van der Waals surface area contributed by atoms with Gasteiger partial charge in [-0.2, -0.15) is 11.8 Å². The van der Waals surface area contributed by atoms with Crippen LogP contribution >= 0.6 is 11.8 Å². The smallest absolute Gasteiger partial charge is 0.221 e. The van der Waals surface area contributed by atoms with E-state index in [0.717, 1.165) is 17.9 Å². The fourth-order valence-corrected chi connectivity index (χ4v) is 4.67. The fourth-order valence-electron chi connectivity index (χ4n) is 3.28. The highest BCUT2D eigenvalue weighted by atomic mass is 32.2. The van der Waals surface area contributed by atoms with Crippen molar-refractivity contribution in [2.75, 3.05) is 25.2 Å². The molecule has 1 amide bonds. The number of rotatable bonds is 7. The SMILES string of the molecule is COC1(CNC(=O)CC(c2ccccc2)c2ccccc2)CCSC1. The first kappa shape index (κ1) is 18.0. The largest absolute Gasteiger partial charge is 0.376 e. The molecule has 1 aliphatic heterocycles. The predicted octanol–water partition coefficient (Wildman–Crippen LogP) is 3.85. The van der Waals surface area contributed by atoms with Gasteiger partial charge in [0.1, 0.15) is 0 Å². The molecule has 0 radical (unpaired) electrons. The third kappa shape index (κ3) is 4.65. The lowest BCUT2D eigenvalue weighted by Crippen LogP contribution is -2.44. The first-order chi connectivity index (χ1) is 12.2. The fraction of sp³-hybridized carbons (Fsp3) is 0.381. The van der Waals surface area contributed by atoms with Crippen molar-refractivity contribution in [3.63, 3.8) is 0 Å². The first-order valence-corrected chi connectivity index (χ1v) is 9.87. The molecule has 3 rings (SSSR count). The lowest BCUT2D eigenvalue weighted by molar-refractivity contribution is -0.122. The molecule has 1 aliphatic rings. The van der Waals surface area contributed by atoms with Gasteiger partial charge in [0.05, 0.1) is 5.60 Å². The van der Waals surface area contributed by atoms with E-state index in [1.54, 1.807) is 7.11 Å². The van der Waals surface area contributed by atoms with E-state index in [9.17, 15) is 4.79 Å². The molecule has 4 heteroatoms. The van der Waals surface area contributed by atoms with E-state index in [1.165, 1.54) is 11.1 Å². The van der Waals surface area contributed by atoms with Crippen LogP contribution in [-0.2, 0) is 9.53 Å². The number of carbonyl (C=O) groups excluding carboxylic acids is 1. The molecule has 1 fully saturated rings. The summed E-state index contributed by atoms with van der Waals surface area (Å²) >= 11 is 1.89. The van der Waals surface area contributed by atoms with Gasteiger partial charge in [0.25, 0.3) is 0 Å². The van der Waals surface area contributed by atoms with Crippen LogP contribution in [0, 0.1) is 0 Å². The van der Waals surface area contributed by atoms with Crippen molar-refractivity contribution in [2.45, 2.75) is 24.4 Å². The molecule has 1 saturated heterocycles. The zero-order valence-corrected chi connectivity index (χ0v) is 15.4. The summed E-state index contributed by atoms with van der Waals surface area (Å²) in [5.74, 6) is 2.19. The van der Waals surface area contributed by atoms with E-state index in [1.807, 2.05) is 48.2 Å². The summed E-state index contributed by atoms with van der Waals surface area (Å²) in [6.07, 6.45) is 1.44. The van der Waals surface area contributed by atoms with Crippen LogP contribution in [0.3, 0.4) is 0 Å². The van der Waals surface area contributed by atoms with Crippen LogP contribution < -0.4 is 5.32 Å². The molecule has 25 heavy (non-hydrogen) atoms. The maximum Gasteiger partial charge on any atom is 0.221 e. The van der Waals surface area contributed by atoms with Gasteiger partial charge in [-0.05, 0) is 23.3 Å². The second-order valence-electron chi connectivity index (χ2n) is 6.54. The van der Waals surface area contributed by atoms with Crippen molar-refractivity contribution < 1.29 is 9.53 Å². The van der Waals surface area contributed by atoms with Gasteiger partial charge in [0.2, 0.25) is 5.91 Å². The maximum atomic E-state index is 12.6. The second kappa shape index (κ2) is 8.54. The van der Waals surface area contributed by atoms with Gasteiger partial charge in [-0.3, -0.25) is 4.79 Å². The summed E-state index contributed by atoms with van der Waals surface area (Å²) in [7, 11) is 1.74. The number of nitrogens with one attached hydrogen (secondary N) is 1. The minimum absolute atomic E-state index is 0.0684. The van der Waals surface area contributed by atoms with E-state index in [-0.39, 0.29) is 17.4 Å². The molecule has 0 saturated carbocycles. The first-order valence-electron chi connectivity index (χ1n) is 8.72. The van der Waals surface area contributed by atoms with Crippen LogP contribution in [0.15, 0.2) is 60.7 Å². The number of methoxy groups -OCH3 is 1. The molecule has 132 valence electrons. The van der Waals surface area contributed by atoms with Crippen molar-refractivity contribution in [2.24, 2.45) is 0 Å². The van der Waals surface area contributed by atoms with E-state index >= 15 is 0 Å². The van der Waals surface area contributed by atoms with Gasteiger partial charge in [-0.15, -0.1) is 0 Å². The third-order valence-corrected chi connectivity index (χ3v) is 6.12. The Kier molecular flexibility index (Phi) is 6.16. The number of benzene rings is 2. The van der Waals surface area contributed by atoms with E-state index in [2.05, 4.69) is 29.6 Å². The lowest BCUT2D eigenvalue weighted by atomic mass is 9.88. The van der Waals surface area contributed by atoms with Crippen LogP contribution in [-0.4, -0.2) is 36.7 Å². The Bertz CT molecular complexity index is 629. The normalized spacial score (nSPS) is 19.9. The molecule has 1 heterocycles. The minimum atomic E-state index is -0.199. The zero-order valence-electron chi connectivity index (χ0n) is 14.6. The standard InChI is InChI=1S/C21H25NO2S/c1-24-21(12-13-25-16-21)15-22-20(23)14-19(17-8-4-2-5-9-17)18-10-6-3-7-11-18/h2-11,19H,12-16H2,1H3,(H,22,23). The number of thioether (sulfide) groups is 1. The van der Waals surface area contributed by atoms with Gasteiger partial charge in [-0.25, -0.2) is 0 Å². The van der Waals surface area contributed by atoms with Gasteiger partial charge in [-0.1, -0.05) is 60.7 Å².